The zero-order valence-corrected chi connectivity index (χ0v) is 11.3. The summed E-state index contributed by atoms with van der Waals surface area (Å²) in [6.07, 6.45) is 6.56. The van der Waals surface area contributed by atoms with Gasteiger partial charge in [-0.05, 0) is 0 Å². The number of aliphatic hydroxyl groups is 1. The number of allylic oxidation sites excluding steroid dienone is 3. The van der Waals surface area contributed by atoms with Gasteiger partial charge >= 0.3 is 92.1 Å². The summed E-state index contributed by atoms with van der Waals surface area (Å²) in [7, 11) is 0. The van der Waals surface area contributed by atoms with Gasteiger partial charge in [-0.3, -0.25) is 0 Å². The third kappa shape index (κ3) is 7.02. The first-order chi connectivity index (χ1) is 6.02. The van der Waals surface area contributed by atoms with Gasteiger partial charge in [-0.1, -0.05) is 0 Å². The molecule has 1 N–H and O–H groups in total. The molecule has 0 heterocycles. The summed E-state index contributed by atoms with van der Waals surface area (Å²) in [5, 5.41) is 9.67. The minimum absolute atomic E-state index is 0.325. The normalized spacial score (nSPS) is 18.4. The van der Waals surface area contributed by atoms with Gasteiger partial charge in [0, 0.05) is 0 Å². The molecule has 0 aromatic carbocycles. The summed E-state index contributed by atoms with van der Waals surface area (Å²) in [6.45, 7) is 3.28. The molecule has 3 heteroatoms. The summed E-state index contributed by atoms with van der Waals surface area (Å²) in [5.74, 6) is -0.325. The fourth-order valence-electron chi connectivity index (χ4n) is 0.730. The molecule has 72 valence electrons. The van der Waals surface area contributed by atoms with Crippen LogP contribution in [0.4, 0.5) is 4.39 Å². The quantitative estimate of drug-likeness (QED) is 0.619. The molecule has 0 aromatic heterocycles. The van der Waals surface area contributed by atoms with Crippen molar-refractivity contribution in [1.82, 2.24) is 0 Å². The van der Waals surface area contributed by atoms with Crippen LogP contribution in [-0.4, -0.2) is 33.2 Å². The molecule has 0 aliphatic heterocycles. The summed E-state index contributed by atoms with van der Waals surface area (Å²) >= 11 is 1.04. The maximum atomic E-state index is 12.6. The average molecular weight is 289 g/mol. The van der Waals surface area contributed by atoms with E-state index in [-0.39, 0.29) is 5.83 Å². The second-order valence-electron chi connectivity index (χ2n) is 3.00. The van der Waals surface area contributed by atoms with Crippen LogP contribution in [0.2, 0.25) is 0 Å². The van der Waals surface area contributed by atoms with Crippen LogP contribution in [0.25, 0.3) is 0 Å². The standard InChI is InChI=1S/C10H14FO.Sn.H/c1-4-7-10(3,12)8-6-9(11)5-2;;/h1,4-6,8,12H,7H2,2-3H3;;. The van der Waals surface area contributed by atoms with E-state index in [0.717, 1.165) is 22.5 Å². The molecule has 0 aromatic rings. The van der Waals surface area contributed by atoms with Crippen LogP contribution in [0.15, 0.2) is 34.2 Å². The second kappa shape index (κ2) is 6.38. The molecular formula is C10H15FOSn. The summed E-state index contributed by atoms with van der Waals surface area (Å²) in [6, 6.07) is 0. The third-order valence-electron chi connectivity index (χ3n) is 1.54. The summed E-state index contributed by atoms with van der Waals surface area (Å²) < 4.78 is 14.6. The molecule has 0 aliphatic carbocycles. The Morgan fingerprint density at radius 3 is 2.69 bits per heavy atom. The van der Waals surface area contributed by atoms with Crippen molar-refractivity contribution in [3.8, 4) is 0 Å². The third-order valence-corrected chi connectivity index (χ3v) is 2.32. The van der Waals surface area contributed by atoms with Gasteiger partial charge in [-0.2, -0.15) is 0 Å². The Balaban J connectivity index is 4.23. The van der Waals surface area contributed by atoms with Crippen molar-refractivity contribution in [3.63, 3.8) is 0 Å². The van der Waals surface area contributed by atoms with Crippen molar-refractivity contribution in [2.75, 3.05) is 0 Å². The second-order valence-corrected chi connectivity index (χ2v) is 4.09. The van der Waals surface area contributed by atoms with Crippen molar-refractivity contribution in [2.24, 2.45) is 0 Å². The number of hydrogen-bond acceptors (Lipinski definition) is 1. The van der Waals surface area contributed by atoms with Gasteiger partial charge < -0.3 is 0 Å². The van der Waals surface area contributed by atoms with E-state index < -0.39 is 5.60 Å². The Labute approximate surface area is 92.1 Å². The van der Waals surface area contributed by atoms with Crippen LogP contribution in [0, 0.1) is 0 Å². The van der Waals surface area contributed by atoms with Crippen molar-refractivity contribution >= 4 is 22.5 Å². The number of hydrogen-bond donors (Lipinski definition) is 1. The molecular weight excluding hydrogens is 274 g/mol. The predicted octanol–water partition coefficient (Wildman–Crippen LogP) is 1.97. The van der Waals surface area contributed by atoms with E-state index >= 15 is 0 Å². The summed E-state index contributed by atoms with van der Waals surface area (Å²) in [5.41, 5.74) is -0.945. The van der Waals surface area contributed by atoms with Gasteiger partial charge in [-0.25, -0.2) is 0 Å². The molecule has 1 unspecified atom stereocenters. The molecule has 1 atom stereocenters. The van der Waals surface area contributed by atoms with E-state index in [4.69, 9.17) is 0 Å². The van der Waals surface area contributed by atoms with Gasteiger partial charge in [0.05, 0.1) is 0 Å². The van der Waals surface area contributed by atoms with Crippen molar-refractivity contribution in [1.29, 1.82) is 0 Å². The van der Waals surface area contributed by atoms with Gasteiger partial charge in [0.25, 0.3) is 0 Å². The Bertz CT molecular complexity index is 229. The van der Waals surface area contributed by atoms with Crippen molar-refractivity contribution in [3.05, 3.63) is 34.2 Å². The summed E-state index contributed by atoms with van der Waals surface area (Å²) in [4.78, 5) is 0. The van der Waals surface area contributed by atoms with Crippen molar-refractivity contribution < 1.29 is 9.50 Å². The molecule has 13 heavy (non-hydrogen) atoms. The first-order valence-electron chi connectivity index (χ1n) is 4.12. The molecule has 0 saturated carbocycles. The fraction of sp³-hybridized carbons (Fsp3) is 0.400. The van der Waals surface area contributed by atoms with E-state index in [1.165, 1.54) is 18.2 Å². The van der Waals surface area contributed by atoms with Crippen LogP contribution >= 0.6 is 0 Å². The van der Waals surface area contributed by atoms with E-state index in [0.29, 0.717) is 6.42 Å². The van der Waals surface area contributed by atoms with Crippen LogP contribution < -0.4 is 0 Å². The minimum atomic E-state index is -0.945. The van der Waals surface area contributed by atoms with E-state index in [2.05, 4.69) is 0 Å². The van der Waals surface area contributed by atoms with Gasteiger partial charge in [0.2, 0.25) is 0 Å². The van der Waals surface area contributed by atoms with Gasteiger partial charge in [0.15, 0.2) is 0 Å². The van der Waals surface area contributed by atoms with Gasteiger partial charge in [-0.15, -0.1) is 0 Å². The first kappa shape index (κ1) is 12.9. The maximum absolute atomic E-state index is 12.6. The molecule has 0 bridgehead atoms. The topological polar surface area (TPSA) is 20.2 Å². The average Bonchev–Trinajstić information content (AvgIpc) is 2.11. The van der Waals surface area contributed by atoms with Crippen LogP contribution in [0.3, 0.4) is 0 Å². The number of halogens is 1. The Hall–Kier alpha value is -0.0913. The van der Waals surface area contributed by atoms with Crippen molar-refractivity contribution in [2.45, 2.75) is 25.9 Å². The van der Waals surface area contributed by atoms with E-state index in [1.807, 2.05) is 10.2 Å². The fourth-order valence-corrected chi connectivity index (χ4v) is 1.12. The van der Waals surface area contributed by atoms with E-state index in [1.54, 1.807) is 13.8 Å². The molecule has 0 rings (SSSR count). The monoisotopic (exact) mass is 290 g/mol. The van der Waals surface area contributed by atoms with Crippen LogP contribution in [-0.2, 0) is 0 Å². The zero-order valence-electron chi connectivity index (χ0n) is 8.00. The molecule has 1 nitrogen and oxygen atoms in total. The Kier molecular flexibility index (Phi) is 6.33. The van der Waals surface area contributed by atoms with E-state index in [9.17, 15) is 9.50 Å². The molecule has 2 radical (unpaired) electrons. The Morgan fingerprint density at radius 2 is 2.23 bits per heavy atom. The van der Waals surface area contributed by atoms with Gasteiger partial charge in [0.1, 0.15) is 0 Å². The van der Waals surface area contributed by atoms with Crippen LogP contribution in [0.5, 0.6) is 0 Å². The zero-order chi connectivity index (χ0) is 10.3. The van der Waals surface area contributed by atoms with Crippen LogP contribution in [0.1, 0.15) is 20.3 Å². The molecule has 0 amide bonds. The number of rotatable bonds is 4. The first-order valence-corrected chi connectivity index (χ1v) is 6.02. The predicted molar refractivity (Wildman–Crippen MR) is 55.5 cm³/mol. The Morgan fingerprint density at radius 1 is 1.62 bits per heavy atom. The SMILES string of the molecule is CC=C(F)C=CC(C)(O)C/C=[CH]/[SnH]. The molecule has 0 fully saturated rings. The molecule has 0 aliphatic rings. The molecule has 0 saturated heterocycles. The molecule has 0 spiro atoms.